The van der Waals surface area contributed by atoms with Crippen LogP contribution in [-0.4, -0.2) is 26.4 Å². The lowest BCUT2D eigenvalue weighted by molar-refractivity contribution is -0.113. The Bertz CT molecular complexity index is 891. The summed E-state index contributed by atoms with van der Waals surface area (Å²) in [4.78, 5) is 12.2. The molecule has 0 aliphatic heterocycles. The minimum atomic E-state index is -0.0605. The molecule has 0 aliphatic rings. The van der Waals surface area contributed by atoms with Crippen LogP contribution in [0.25, 0.3) is 11.4 Å². The summed E-state index contributed by atoms with van der Waals surface area (Å²) >= 11 is 4.83. The van der Waals surface area contributed by atoms with Gasteiger partial charge in [-0.05, 0) is 38.1 Å². The van der Waals surface area contributed by atoms with Crippen molar-refractivity contribution in [2.45, 2.75) is 25.5 Å². The van der Waals surface area contributed by atoms with Crippen LogP contribution in [0.2, 0.25) is 0 Å². The number of rotatable bonds is 6. The van der Waals surface area contributed by atoms with Crippen molar-refractivity contribution in [1.82, 2.24) is 14.8 Å². The fraction of sp³-hybridized carbons (Fsp3) is 0.211. The van der Waals surface area contributed by atoms with E-state index in [2.05, 4.69) is 31.4 Å². The molecule has 0 unspecified atom stereocenters. The van der Waals surface area contributed by atoms with Crippen LogP contribution < -0.4 is 5.32 Å². The molecule has 134 valence electrons. The van der Waals surface area contributed by atoms with Crippen LogP contribution in [0.15, 0.2) is 58.2 Å². The zero-order valence-corrected chi connectivity index (χ0v) is 17.0. The van der Waals surface area contributed by atoms with Crippen molar-refractivity contribution in [3.63, 3.8) is 0 Å². The topological polar surface area (TPSA) is 59.8 Å². The van der Waals surface area contributed by atoms with E-state index in [0.717, 1.165) is 38.8 Å². The molecule has 5 nitrogen and oxygen atoms in total. The number of carbonyl (C=O) groups excluding carboxylic acids is 1. The second kappa shape index (κ2) is 8.51. The standard InChI is InChI=1S/C19H19BrN4OS/c1-3-24-18(14-6-8-15(20)9-7-14)22-23-19(24)26-12-17(25)21-16-10-4-13(2)5-11-16/h4-11H,3,12H2,1-2H3,(H,21,25). The lowest BCUT2D eigenvalue weighted by Crippen LogP contribution is -2.14. The van der Waals surface area contributed by atoms with E-state index < -0.39 is 0 Å². The summed E-state index contributed by atoms with van der Waals surface area (Å²) < 4.78 is 3.04. The Morgan fingerprint density at radius 3 is 2.46 bits per heavy atom. The lowest BCUT2D eigenvalue weighted by Gasteiger charge is -2.08. The highest BCUT2D eigenvalue weighted by Crippen LogP contribution is 2.25. The van der Waals surface area contributed by atoms with Gasteiger partial charge in [0.1, 0.15) is 0 Å². The number of amides is 1. The van der Waals surface area contributed by atoms with Crippen LogP contribution in [0.3, 0.4) is 0 Å². The summed E-state index contributed by atoms with van der Waals surface area (Å²) in [7, 11) is 0. The molecule has 0 atom stereocenters. The van der Waals surface area contributed by atoms with E-state index in [0.29, 0.717) is 0 Å². The first-order chi connectivity index (χ1) is 12.6. The third-order valence-electron chi connectivity index (χ3n) is 3.80. The maximum atomic E-state index is 12.2. The van der Waals surface area contributed by atoms with E-state index in [1.54, 1.807) is 0 Å². The molecule has 7 heteroatoms. The number of aromatic nitrogens is 3. The number of halogens is 1. The first kappa shape index (κ1) is 18.7. The van der Waals surface area contributed by atoms with Crippen LogP contribution in [0, 0.1) is 6.92 Å². The Kier molecular flexibility index (Phi) is 6.11. The van der Waals surface area contributed by atoms with Crippen LogP contribution in [0.5, 0.6) is 0 Å². The molecule has 26 heavy (non-hydrogen) atoms. The molecule has 0 bridgehead atoms. The van der Waals surface area contributed by atoms with Crippen molar-refractivity contribution in [3.8, 4) is 11.4 Å². The molecule has 1 aromatic heterocycles. The number of anilines is 1. The molecule has 3 aromatic rings. The van der Waals surface area contributed by atoms with E-state index in [1.807, 2.05) is 66.9 Å². The van der Waals surface area contributed by atoms with Gasteiger partial charge < -0.3 is 9.88 Å². The minimum Gasteiger partial charge on any atom is -0.325 e. The van der Waals surface area contributed by atoms with Gasteiger partial charge in [-0.25, -0.2) is 0 Å². The highest BCUT2D eigenvalue weighted by Gasteiger charge is 2.14. The number of carbonyl (C=O) groups is 1. The van der Waals surface area contributed by atoms with Crippen molar-refractivity contribution in [3.05, 3.63) is 58.6 Å². The SMILES string of the molecule is CCn1c(SCC(=O)Nc2ccc(C)cc2)nnc1-c1ccc(Br)cc1. The maximum Gasteiger partial charge on any atom is 0.234 e. The Balaban J connectivity index is 1.67. The molecule has 0 spiro atoms. The summed E-state index contributed by atoms with van der Waals surface area (Å²) in [5.74, 6) is 1.03. The summed E-state index contributed by atoms with van der Waals surface area (Å²) in [6.45, 7) is 4.80. The fourth-order valence-electron chi connectivity index (χ4n) is 2.46. The highest BCUT2D eigenvalue weighted by atomic mass is 79.9. The number of hydrogen-bond donors (Lipinski definition) is 1. The zero-order valence-electron chi connectivity index (χ0n) is 14.6. The van der Waals surface area contributed by atoms with Crippen LogP contribution >= 0.6 is 27.7 Å². The Labute approximate surface area is 165 Å². The Morgan fingerprint density at radius 1 is 1.12 bits per heavy atom. The summed E-state index contributed by atoms with van der Waals surface area (Å²) in [6, 6.07) is 15.7. The van der Waals surface area contributed by atoms with Gasteiger partial charge in [0.25, 0.3) is 0 Å². The van der Waals surface area contributed by atoms with Crippen molar-refractivity contribution < 1.29 is 4.79 Å². The van der Waals surface area contributed by atoms with Crippen LogP contribution in [0.1, 0.15) is 12.5 Å². The third kappa shape index (κ3) is 4.53. The molecule has 0 fully saturated rings. The summed E-state index contributed by atoms with van der Waals surface area (Å²) in [6.07, 6.45) is 0. The molecule has 0 saturated heterocycles. The van der Waals surface area contributed by atoms with Gasteiger partial charge in [-0.15, -0.1) is 10.2 Å². The van der Waals surface area contributed by atoms with E-state index >= 15 is 0 Å². The molecule has 0 saturated carbocycles. The van der Waals surface area contributed by atoms with E-state index in [9.17, 15) is 4.79 Å². The van der Waals surface area contributed by atoms with Crippen molar-refractivity contribution in [1.29, 1.82) is 0 Å². The number of hydrogen-bond acceptors (Lipinski definition) is 4. The van der Waals surface area contributed by atoms with E-state index in [1.165, 1.54) is 11.8 Å². The second-order valence-corrected chi connectivity index (χ2v) is 7.62. The zero-order chi connectivity index (χ0) is 18.5. The molecular formula is C19H19BrN4OS. The average molecular weight is 431 g/mol. The largest absolute Gasteiger partial charge is 0.325 e. The molecule has 3 rings (SSSR count). The van der Waals surface area contributed by atoms with E-state index in [4.69, 9.17) is 0 Å². The minimum absolute atomic E-state index is 0.0605. The van der Waals surface area contributed by atoms with Gasteiger partial charge in [0.05, 0.1) is 5.75 Å². The monoisotopic (exact) mass is 430 g/mol. The molecule has 1 heterocycles. The highest BCUT2D eigenvalue weighted by molar-refractivity contribution is 9.10. The number of thioether (sulfide) groups is 1. The second-order valence-electron chi connectivity index (χ2n) is 5.76. The maximum absolute atomic E-state index is 12.2. The van der Waals surface area contributed by atoms with Gasteiger partial charge >= 0.3 is 0 Å². The Hall–Kier alpha value is -2.12. The Morgan fingerprint density at radius 2 is 1.81 bits per heavy atom. The molecule has 2 aromatic carbocycles. The number of aryl methyl sites for hydroxylation is 1. The summed E-state index contributed by atoms with van der Waals surface area (Å²) in [5, 5.41) is 12.2. The van der Waals surface area contributed by atoms with Gasteiger partial charge in [0.2, 0.25) is 5.91 Å². The number of nitrogens with one attached hydrogen (secondary N) is 1. The van der Waals surface area contributed by atoms with Gasteiger partial charge in [-0.2, -0.15) is 0 Å². The smallest absolute Gasteiger partial charge is 0.234 e. The molecule has 0 aliphatic carbocycles. The fourth-order valence-corrected chi connectivity index (χ4v) is 3.52. The molecule has 0 radical (unpaired) electrons. The van der Waals surface area contributed by atoms with Crippen molar-refractivity contribution >= 4 is 39.3 Å². The third-order valence-corrected chi connectivity index (χ3v) is 5.30. The van der Waals surface area contributed by atoms with Crippen LogP contribution in [0.4, 0.5) is 5.69 Å². The first-order valence-electron chi connectivity index (χ1n) is 8.25. The van der Waals surface area contributed by atoms with Gasteiger partial charge in [0.15, 0.2) is 11.0 Å². The normalized spacial score (nSPS) is 10.7. The first-order valence-corrected chi connectivity index (χ1v) is 10.0. The molecule has 1 amide bonds. The predicted molar refractivity (Wildman–Crippen MR) is 109 cm³/mol. The van der Waals surface area contributed by atoms with Gasteiger partial charge in [-0.3, -0.25) is 4.79 Å². The summed E-state index contributed by atoms with van der Waals surface area (Å²) in [5.41, 5.74) is 2.96. The average Bonchev–Trinajstić information content (AvgIpc) is 3.05. The molecular weight excluding hydrogens is 412 g/mol. The van der Waals surface area contributed by atoms with Crippen LogP contribution in [-0.2, 0) is 11.3 Å². The van der Waals surface area contributed by atoms with Gasteiger partial charge in [-0.1, -0.05) is 57.5 Å². The predicted octanol–water partition coefficient (Wildman–Crippen LogP) is 4.77. The number of benzene rings is 2. The molecule has 1 N–H and O–H groups in total. The quantitative estimate of drug-likeness (QED) is 0.572. The van der Waals surface area contributed by atoms with Crippen molar-refractivity contribution in [2.75, 3.05) is 11.1 Å². The van der Waals surface area contributed by atoms with E-state index in [-0.39, 0.29) is 11.7 Å². The lowest BCUT2D eigenvalue weighted by atomic mass is 10.2. The van der Waals surface area contributed by atoms with Crippen molar-refractivity contribution in [2.24, 2.45) is 0 Å². The van der Waals surface area contributed by atoms with Gasteiger partial charge in [0, 0.05) is 22.3 Å². The number of nitrogens with zero attached hydrogens (tertiary/aromatic N) is 3.